The Balaban J connectivity index is 1.60. The number of nitrogens with two attached hydrogens (primary N) is 1. The van der Waals surface area contributed by atoms with E-state index >= 15 is 0 Å². The number of carbonyl (C=O) groups excluding carboxylic acids is 1. The molecule has 5 rings (SSSR count). The van der Waals surface area contributed by atoms with Gasteiger partial charge in [0.05, 0.1) is 11.2 Å². The Morgan fingerprint density at radius 2 is 1.80 bits per heavy atom. The Morgan fingerprint density at radius 3 is 2.43 bits per heavy atom. The van der Waals surface area contributed by atoms with Crippen LogP contribution in [0.3, 0.4) is 0 Å². The zero-order chi connectivity index (χ0) is 24.7. The van der Waals surface area contributed by atoms with Gasteiger partial charge in [0.25, 0.3) is 0 Å². The number of alkyl halides is 2. The summed E-state index contributed by atoms with van der Waals surface area (Å²) >= 11 is 0. The van der Waals surface area contributed by atoms with Crippen molar-refractivity contribution in [2.45, 2.75) is 51.9 Å². The lowest BCUT2D eigenvalue weighted by molar-refractivity contribution is -0.0456. The average molecular weight is 476 g/mol. The average Bonchev–Trinajstić information content (AvgIpc) is 3.17. The number of rotatable bonds is 5. The van der Waals surface area contributed by atoms with Crippen LogP contribution in [0, 0.1) is 19.8 Å². The molecule has 0 unspecified atom stereocenters. The maximum atomic E-state index is 13.7. The molecular formula is C28H27F2N3O2. The van der Waals surface area contributed by atoms with Gasteiger partial charge in [-0.25, -0.2) is 8.78 Å². The van der Waals surface area contributed by atoms with Gasteiger partial charge in [-0.2, -0.15) is 0 Å². The fourth-order valence-electron chi connectivity index (χ4n) is 5.13. The Bertz CT molecular complexity index is 1380. The molecule has 0 saturated heterocycles. The summed E-state index contributed by atoms with van der Waals surface area (Å²) in [5.41, 5.74) is 12.2. The van der Waals surface area contributed by atoms with Crippen molar-refractivity contribution < 1.29 is 18.1 Å². The monoisotopic (exact) mass is 475 g/mol. The topological polar surface area (TPSA) is 82.0 Å². The Kier molecular flexibility index (Phi) is 5.87. The molecular weight excluding hydrogens is 448 g/mol. The molecule has 2 heterocycles. The molecule has 1 saturated carbocycles. The molecule has 2 aromatic heterocycles. The van der Waals surface area contributed by atoms with Crippen LogP contribution in [0.25, 0.3) is 33.2 Å². The maximum Gasteiger partial charge on any atom is 0.248 e. The molecule has 0 atom stereocenters. The molecule has 5 nitrogen and oxygen atoms in total. The van der Waals surface area contributed by atoms with Gasteiger partial charge in [0.1, 0.15) is 5.76 Å². The zero-order valence-corrected chi connectivity index (χ0v) is 19.8. The molecule has 1 aliphatic rings. The third-order valence-electron chi connectivity index (χ3n) is 7.01. The second kappa shape index (κ2) is 8.87. The van der Waals surface area contributed by atoms with Gasteiger partial charge in [-0.1, -0.05) is 17.3 Å². The number of aryl methyl sites for hydroxylation is 2. The number of carbonyl (C=O) groups is 1. The van der Waals surface area contributed by atoms with Crippen molar-refractivity contribution in [1.82, 2.24) is 10.1 Å². The highest BCUT2D eigenvalue weighted by molar-refractivity contribution is 5.97. The van der Waals surface area contributed by atoms with Crippen LogP contribution in [0.5, 0.6) is 0 Å². The first kappa shape index (κ1) is 23.1. The zero-order valence-electron chi connectivity index (χ0n) is 19.8. The minimum absolute atomic E-state index is 0.0512. The Hall–Kier alpha value is -3.61. The fourth-order valence-corrected chi connectivity index (χ4v) is 5.13. The summed E-state index contributed by atoms with van der Waals surface area (Å²) in [6, 6.07) is 13.4. The summed E-state index contributed by atoms with van der Waals surface area (Å²) in [6.07, 6.45) is 3.48. The van der Waals surface area contributed by atoms with Crippen molar-refractivity contribution >= 4 is 16.8 Å². The van der Waals surface area contributed by atoms with Crippen molar-refractivity contribution in [1.29, 1.82) is 0 Å². The van der Waals surface area contributed by atoms with Crippen LogP contribution in [0.2, 0.25) is 0 Å². The van der Waals surface area contributed by atoms with Crippen LogP contribution in [0.4, 0.5) is 8.78 Å². The van der Waals surface area contributed by atoms with Gasteiger partial charge in [0.2, 0.25) is 11.8 Å². The SMILES string of the molecule is Cc1noc(C)c1-c1cnc2c(-c3ccc(C(N)=O)cc3)cc(CC3CCC(F)(F)CC3)cc2c1. The smallest absolute Gasteiger partial charge is 0.248 e. The molecule has 0 bridgehead atoms. The van der Waals surface area contributed by atoms with E-state index in [4.69, 9.17) is 15.2 Å². The number of pyridine rings is 1. The third kappa shape index (κ3) is 4.67. The van der Waals surface area contributed by atoms with Gasteiger partial charge in [0.15, 0.2) is 0 Å². The first-order valence-electron chi connectivity index (χ1n) is 11.8. The van der Waals surface area contributed by atoms with Crippen molar-refractivity contribution in [3.63, 3.8) is 0 Å². The molecule has 0 aliphatic heterocycles. The predicted molar refractivity (Wildman–Crippen MR) is 131 cm³/mol. The molecule has 0 spiro atoms. The number of hydrogen-bond donors (Lipinski definition) is 1. The lowest BCUT2D eigenvalue weighted by atomic mass is 9.82. The van der Waals surface area contributed by atoms with Crippen molar-refractivity contribution in [3.8, 4) is 22.3 Å². The van der Waals surface area contributed by atoms with Crippen LogP contribution >= 0.6 is 0 Å². The van der Waals surface area contributed by atoms with Crippen LogP contribution in [-0.2, 0) is 6.42 Å². The first-order chi connectivity index (χ1) is 16.7. The number of fused-ring (bicyclic) bond motifs is 1. The van der Waals surface area contributed by atoms with Crippen LogP contribution < -0.4 is 5.73 Å². The van der Waals surface area contributed by atoms with Gasteiger partial charge in [-0.05, 0) is 80.5 Å². The van der Waals surface area contributed by atoms with Crippen LogP contribution in [-0.4, -0.2) is 22.0 Å². The highest BCUT2D eigenvalue weighted by Gasteiger charge is 2.34. The summed E-state index contributed by atoms with van der Waals surface area (Å²) < 4.78 is 32.7. The predicted octanol–water partition coefficient (Wildman–Crippen LogP) is 6.64. The number of aromatic nitrogens is 2. The molecule has 1 amide bonds. The Labute approximate surface area is 202 Å². The van der Waals surface area contributed by atoms with Gasteiger partial charge >= 0.3 is 0 Å². The molecule has 35 heavy (non-hydrogen) atoms. The van der Waals surface area contributed by atoms with Crippen molar-refractivity contribution in [2.24, 2.45) is 11.7 Å². The minimum Gasteiger partial charge on any atom is -0.366 e. The molecule has 1 fully saturated rings. The van der Waals surface area contributed by atoms with Gasteiger partial charge in [0, 0.05) is 46.7 Å². The number of primary amides is 1. The fraction of sp³-hybridized carbons (Fsp3) is 0.321. The van der Waals surface area contributed by atoms with Gasteiger partial charge in [-0.15, -0.1) is 0 Å². The van der Waals surface area contributed by atoms with E-state index in [1.807, 2.05) is 32.2 Å². The van der Waals surface area contributed by atoms with Crippen molar-refractivity contribution in [2.75, 3.05) is 0 Å². The third-order valence-corrected chi connectivity index (χ3v) is 7.01. The first-order valence-corrected chi connectivity index (χ1v) is 11.8. The highest BCUT2D eigenvalue weighted by atomic mass is 19.3. The summed E-state index contributed by atoms with van der Waals surface area (Å²) in [6.45, 7) is 3.78. The van der Waals surface area contributed by atoms with Crippen LogP contribution in [0.15, 0.2) is 53.2 Å². The largest absolute Gasteiger partial charge is 0.366 e. The second-order valence-corrected chi connectivity index (χ2v) is 9.58. The van der Waals surface area contributed by atoms with E-state index in [1.54, 1.807) is 12.1 Å². The number of nitrogens with zero attached hydrogens (tertiary/aromatic N) is 2. The maximum absolute atomic E-state index is 13.7. The number of amides is 1. The molecule has 2 N–H and O–H groups in total. The van der Waals surface area contributed by atoms with E-state index in [2.05, 4.69) is 23.4 Å². The Morgan fingerprint density at radius 1 is 1.09 bits per heavy atom. The quantitative estimate of drug-likeness (QED) is 0.351. The van der Waals surface area contributed by atoms with Gasteiger partial charge < -0.3 is 10.3 Å². The van der Waals surface area contributed by atoms with E-state index in [0.717, 1.165) is 56.6 Å². The van der Waals surface area contributed by atoms with Crippen molar-refractivity contribution in [3.05, 3.63) is 71.2 Å². The molecule has 180 valence electrons. The number of benzene rings is 2. The minimum atomic E-state index is -2.54. The second-order valence-electron chi connectivity index (χ2n) is 9.58. The van der Waals surface area contributed by atoms with E-state index < -0.39 is 11.8 Å². The van der Waals surface area contributed by atoms with E-state index in [-0.39, 0.29) is 18.8 Å². The number of halogens is 2. The lowest BCUT2D eigenvalue weighted by Crippen LogP contribution is -2.25. The van der Waals surface area contributed by atoms with Gasteiger partial charge in [-0.3, -0.25) is 9.78 Å². The van der Waals surface area contributed by atoms with E-state index in [0.29, 0.717) is 18.4 Å². The summed E-state index contributed by atoms with van der Waals surface area (Å²) in [5, 5.41) is 5.02. The summed E-state index contributed by atoms with van der Waals surface area (Å²) in [7, 11) is 0. The summed E-state index contributed by atoms with van der Waals surface area (Å²) in [4.78, 5) is 16.3. The van der Waals surface area contributed by atoms with Crippen LogP contribution in [0.1, 0.15) is 53.1 Å². The standard InChI is InChI=1S/C28H27F2N3O2/c1-16-25(17(2)35-33-16)23-14-22-12-19(11-18-7-9-28(29,30)10-8-18)13-24(26(22)32-15-23)20-3-5-21(6-4-20)27(31)34/h3-6,12-15,18H,7-11H2,1-2H3,(H2,31,34). The molecule has 7 heteroatoms. The highest BCUT2D eigenvalue weighted by Crippen LogP contribution is 2.39. The normalized spacial score (nSPS) is 16.0. The van der Waals surface area contributed by atoms with E-state index in [1.165, 1.54) is 0 Å². The molecule has 0 radical (unpaired) electrons. The van der Waals surface area contributed by atoms with E-state index in [9.17, 15) is 13.6 Å². The number of hydrogen-bond acceptors (Lipinski definition) is 4. The molecule has 2 aromatic carbocycles. The molecule has 1 aliphatic carbocycles. The molecule has 4 aromatic rings. The lowest BCUT2D eigenvalue weighted by Gasteiger charge is -2.28. The summed E-state index contributed by atoms with van der Waals surface area (Å²) in [5.74, 6) is -2.08.